The van der Waals surface area contributed by atoms with Crippen molar-refractivity contribution >= 4 is 5.69 Å². The summed E-state index contributed by atoms with van der Waals surface area (Å²) in [6.45, 7) is 3.14. The van der Waals surface area contributed by atoms with E-state index >= 15 is 0 Å². The first kappa shape index (κ1) is 9.94. The lowest BCUT2D eigenvalue weighted by Gasteiger charge is -2.47. The van der Waals surface area contributed by atoms with E-state index in [1.165, 1.54) is 0 Å². The molecule has 0 spiro atoms. The molecule has 2 heterocycles. The first-order valence-electron chi connectivity index (χ1n) is 5.01. The fourth-order valence-corrected chi connectivity index (χ4v) is 1.80. The number of nitriles is 1. The van der Waals surface area contributed by atoms with Gasteiger partial charge in [0.25, 0.3) is 0 Å². The Morgan fingerprint density at radius 1 is 1.67 bits per heavy atom. The molecule has 0 atom stereocenters. The lowest BCUT2D eigenvalue weighted by atomic mass is 9.90. The van der Waals surface area contributed by atoms with Crippen LogP contribution in [0.15, 0.2) is 18.3 Å². The van der Waals surface area contributed by atoms with E-state index in [1.807, 2.05) is 17.9 Å². The maximum absolute atomic E-state index is 9.87. The molecule has 4 nitrogen and oxygen atoms in total. The fourth-order valence-electron chi connectivity index (χ4n) is 1.80. The Bertz CT molecular complexity index is 405. The summed E-state index contributed by atoms with van der Waals surface area (Å²) in [6, 6.07) is 5.72. The highest BCUT2D eigenvalue weighted by Gasteiger charge is 2.40. The van der Waals surface area contributed by atoms with Crippen LogP contribution >= 0.6 is 0 Å². The molecule has 1 fully saturated rings. The van der Waals surface area contributed by atoms with Gasteiger partial charge in [0.1, 0.15) is 6.07 Å². The van der Waals surface area contributed by atoms with Gasteiger partial charge in [-0.25, -0.2) is 4.98 Å². The number of aromatic nitrogens is 1. The van der Waals surface area contributed by atoms with Gasteiger partial charge in [-0.2, -0.15) is 5.26 Å². The summed E-state index contributed by atoms with van der Waals surface area (Å²) in [5.41, 5.74) is 0.663. The largest absolute Gasteiger partial charge is 0.386 e. The number of rotatable bonds is 2. The second-order valence-corrected chi connectivity index (χ2v) is 3.92. The Labute approximate surface area is 88.8 Å². The molecule has 2 rings (SSSR count). The Morgan fingerprint density at radius 2 is 2.40 bits per heavy atom. The molecule has 1 aromatic heterocycles. The molecule has 1 aliphatic rings. The first-order valence-corrected chi connectivity index (χ1v) is 5.01. The quantitative estimate of drug-likeness (QED) is 0.776. The minimum atomic E-state index is -0.581. The van der Waals surface area contributed by atoms with Gasteiger partial charge in [0.05, 0.1) is 11.3 Å². The molecular formula is C11H13N3O. The van der Waals surface area contributed by atoms with E-state index in [0.717, 1.165) is 12.1 Å². The molecule has 0 radical (unpaired) electrons. The Morgan fingerprint density at radius 3 is 3.00 bits per heavy atom. The van der Waals surface area contributed by atoms with E-state index in [0.29, 0.717) is 18.8 Å². The van der Waals surface area contributed by atoms with Gasteiger partial charge in [-0.1, -0.05) is 6.92 Å². The predicted octanol–water partition coefficient (Wildman–Crippen LogP) is 0.914. The van der Waals surface area contributed by atoms with Gasteiger partial charge in [0, 0.05) is 19.3 Å². The highest BCUT2D eigenvalue weighted by atomic mass is 16.3. The van der Waals surface area contributed by atoms with Crippen LogP contribution < -0.4 is 4.90 Å². The topological polar surface area (TPSA) is 60.1 Å². The van der Waals surface area contributed by atoms with E-state index in [4.69, 9.17) is 5.26 Å². The monoisotopic (exact) mass is 203 g/mol. The number of nitrogens with zero attached hydrogens (tertiary/aromatic N) is 3. The molecule has 1 saturated heterocycles. The summed E-state index contributed by atoms with van der Waals surface area (Å²) in [7, 11) is 0. The molecular weight excluding hydrogens is 190 g/mol. The van der Waals surface area contributed by atoms with Crippen LogP contribution in [0.1, 0.15) is 19.0 Å². The molecule has 0 amide bonds. The number of anilines is 1. The molecule has 0 saturated carbocycles. The molecule has 15 heavy (non-hydrogen) atoms. The van der Waals surface area contributed by atoms with E-state index in [2.05, 4.69) is 11.1 Å². The predicted molar refractivity (Wildman–Crippen MR) is 56.4 cm³/mol. The Hall–Kier alpha value is -1.60. The van der Waals surface area contributed by atoms with Crippen molar-refractivity contribution in [1.29, 1.82) is 5.26 Å². The van der Waals surface area contributed by atoms with E-state index in [1.54, 1.807) is 12.3 Å². The molecule has 0 aliphatic carbocycles. The molecule has 1 N–H and O–H groups in total. The summed E-state index contributed by atoms with van der Waals surface area (Å²) in [5.74, 6) is 0. The summed E-state index contributed by atoms with van der Waals surface area (Å²) < 4.78 is 0. The SMILES string of the molecule is CCC1(O)CN(c2cccnc2C#N)C1. The van der Waals surface area contributed by atoms with Gasteiger partial charge in [0.15, 0.2) is 5.69 Å². The zero-order valence-corrected chi connectivity index (χ0v) is 8.64. The van der Waals surface area contributed by atoms with Gasteiger partial charge in [-0.05, 0) is 18.6 Å². The smallest absolute Gasteiger partial charge is 0.163 e. The van der Waals surface area contributed by atoms with Gasteiger partial charge in [-0.15, -0.1) is 0 Å². The average Bonchev–Trinajstić information content (AvgIpc) is 2.25. The van der Waals surface area contributed by atoms with Crippen molar-refractivity contribution < 1.29 is 5.11 Å². The van der Waals surface area contributed by atoms with Crippen LogP contribution in [-0.4, -0.2) is 28.8 Å². The minimum Gasteiger partial charge on any atom is -0.386 e. The molecule has 78 valence electrons. The van der Waals surface area contributed by atoms with Gasteiger partial charge < -0.3 is 10.0 Å². The normalized spacial score (nSPS) is 18.1. The highest BCUT2D eigenvalue weighted by molar-refractivity contribution is 5.58. The minimum absolute atomic E-state index is 0.427. The standard InChI is InChI=1S/C11H13N3O/c1-2-11(15)7-14(8-11)10-4-3-5-13-9(10)6-12/h3-5,15H,2,7-8H2,1H3. The number of β-amino-alcohol motifs (C(OH)–C–C–N with tert-alkyl or cyclic N) is 1. The second kappa shape index (κ2) is 3.52. The highest BCUT2D eigenvalue weighted by Crippen LogP contribution is 2.30. The number of hydrogen-bond donors (Lipinski definition) is 1. The van der Waals surface area contributed by atoms with Gasteiger partial charge in [-0.3, -0.25) is 0 Å². The number of pyridine rings is 1. The maximum atomic E-state index is 9.87. The molecule has 4 heteroatoms. The van der Waals surface area contributed by atoms with E-state index in [9.17, 15) is 5.11 Å². The van der Waals surface area contributed by atoms with Crippen molar-refractivity contribution in [2.75, 3.05) is 18.0 Å². The molecule has 0 bridgehead atoms. The van der Waals surface area contributed by atoms with Crippen LogP contribution in [0.5, 0.6) is 0 Å². The molecule has 0 unspecified atom stereocenters. The van der Waals surface area contributed by atoms with Crippen molar-refractivity contribution in [3.63, 3.8) is 0 Å². The Kier molecular flexibility index (Phi) is 2.33. The van der Waals surface area contributed by atoms with Crippen molar-refractivity contribution in [3.8, 4) is 6.07 Å². The maximum Gasteiger partial charge on any atom is 0.163 e. The van der Waals surface area contributed by atoms with Crippen molar-refractivity contribution in [2.24, 2.45) is 0 Å². The van der Waals surface area contributed by atoms with Crippen molar-refractivity contribution in [1.82, 2.24) is 4.98 Å². The molecule has 0 aromatic carbocycles. The van der Waals surface area contributed by atoms with E-state index < -0.39 is 5.60 Å². The van der Waals surface area contributed by atoms with Crippen LogP contribution in [0.4, 0.5) is 5.69 Å². The summed E-state index contributed by atoms with van der Waals surface area (Å²) in [4.78, 5) is 5.97. The Balaban J connectivity index is 2.17. The van der Waals surface area contributed by atoms with Gasteiger partial charge in [0.2, 0.25) is 0 Å². The van der Waals surface area contributed by atoms with Crippen LogP contribution in [0.25, 0.3) is 0 Å². The van der Waals surface area contributed by atoms with Crippen LogP contribution in [0.3, 0.4) is 0 Å². The zero-order chi connectivity index (χ0) is 10.9. The van der Waals surface area contributed by atoms with Gasteiger partial charge >= 0.3 is 0 Å². The number of aliphatic hydroxyl groups is 1. The van der Waals surface area contributed by atoms with Crippen LogP contribution in [-0.2, 0) is 0 Å². The van der Waals surface area contributed by atoms with Crippen LogP contribution in [0.2, 0.25) is 0 Å². The van der Waals surface area contributed by atoms with Crippen LogP contribution in [0, 0.1) is 11.3 Å². The second-order valence-electron chi connectivity index (χ2n) is 3.92. The fraction of sp³-hybridized carbons (Fsp3) is 0.455. The summed E-state index contributed by atoms with van der Waals surface area (Å²) in [6.07, 6.45) is 2.35. The third-order valence-corrected chi connectivity index (χ3v) is 2.86. The lowest BCUT2D eigenvalue weighted by molar-refractivity contribution is 0.00847. The average molecular weight is 203 g/mol. The van der Waals surface area contributed by atoms with Crippen molar-refractivity contribution in [3.05, 3.63) is 24.0 Å². The number of hydrogen-bond acceptors (Lipinski definition) is 4. The third kappa shape index (κ3) is 1.66. The third-order valence-electron chi connectivity index (χ3n) is 2.86. The van der Waals surface area contributed by atoms with Crippen molar-refractivity contribution in [2.45, 2.75) is 18.9 Å². The summed E-state index contributed by atoms with van der Waals surface area (Å²) in [5, 5.41) is 18.7. The first-order chi connectivity index (χ1) is 7.18. The summed E-state index contributed by atoms with van der Waals surface area (Å²) >= 11 is 0. The zero-order valence-electron chi connectivity index (χ0n) is 8.64. The molecule has 1 aromatic rings. The molecule has 1 aliphatic heterocycles. The lowest BCUT2D eigenvalue weighted by Crippen LogP contribution is -2.61. The van der Waals surface area contributed by atoms with E-state index in [-0.39, 0.29) is 0 Å².